The van der Waals surface area contributed by atoms with Crippen LogP contribution >= 0.6 is 0 Å². The highest BCUT2D eigenvalue weighted by Crippen LogP contribution is 2.14. The van der Waals surface area contributed by atoms with Gasteiger partial charge in [0.2, 0.25) is 0 Å². The summed E-state index contributed by atoms with van der Waals surface area (Å²) in [6, 6.07) is 0. The predicted octanol–water partition coefficient (Wildman–Crippen LogP) is 20.8. The molecule has 0 spiro atoms. The van der Waals surface area contributed by atoms with E-state index in [4.69, 9.17) is 14.2 Å². The summed E-state index contributed by atoms with van der Waals surface area (Å²) in [5, 5.41) is 0. The maximum absolute atomic E-state index is 12.9. The lowest BCUT2D eigenvalue weighted by atomic mass is 10.0. The Morgan fingerprint density at radius 3 is 0.813 bits per heavy atom. The van der Waals surface area contributed by atoms with Crippen molar-refractivity contribution in [1.82, 2.24) is 0 Å². The molecule has 0 rings (SSSR count). The van der Waals surface area contributed by atoms with E-state index in [1.807, 2.05) is 0 Å². The van der Waals surface area contributed by atoms with Crippen LogP contribution in [0, 0.1) is 0 Å². The lowest BCUT2D eigenvalue weighted by Gasteiger charge is -2.18. The number of hydrogen-bond donors (Lipinski definition) is 0. The van der Waals surface area contributed by atoms with Crippen LogP contribution in [-0.2, 0) is 28.6 Å². The first-order valence-electron chi connectivity index (χ1n) is 30.3. The van der Waals surface area contributed by atoms with Crippen LogP contribution in [0.3, 0.4) is 0 Å². The Kier molecular flexibility index (Phi) is 58.0. The van der Waals surface area contributed by atoms with Crippen LogP contribution in [0.25, 0.3) is 0 Å². The molecule has 0 aromatic carbocycles. The van der Waals surface area contributed by atoms with Crippen molar-refractivity contribution in [3.8, 4) is 0 Å². The number of allylic oxidation sites excluding steroid dienone is 24. The molecule has 0 aromatic rings. The zero-order chi connectivity index (χ0) is 54.3. The SMILES string of the molecule is CC/C=C\C/C=C\C/C=C\C/C=C\C/C=C\C/C=C\C/C=C\CCCCCC(=O)OCC(COC(=O)CCCCCCCCCCCCCCC)OC(=O)CCCCC/C=C\C/C=C\C/C=C\C/C=C\C/C=C\CC. The van der Waals surface area contributed by atoms with Crippen LogP contribution in [0.2, 0.25) is 0 Å². The molecule has 0 aliphatic rings. The highest BCUT2D eigenvalue weighted by Gasteiger charge is 2.19. The molecule has 0 aromatic heterocycles. The maximum atomic E-state index is 12.9. The Bertz CT molecular complexity index is 1660. The van der Waals surface area contributed by atoms with Crippen molar-refractivity contribution < 1.29 is 28.6 Å². The van der Waals surface area contributed by atoms with Gasteiger partial charge in [-0.15, -0.1) is 0 Å². The fourth-order valence-corrected chi connectivity index (χ4v) is 7.86. The summed E-state index contributed by atoms with van der Waals surface area (Å²) in [4.78, 5) is 38.2. The highest BCUT2D eigenvalue weighted by atomic mass is 16.6. The molecule has 0 radical (unpaired) electrons. The van der Waals surface area contributed by atoms with Crippen molar-refractivity contribution in [3.63, 3.8) is 0 Å². The highest BCUT2D eigenvalue weighted by molar-refractivity contribution is 5.71. The van der Waals surface area contributed by atoms with Gasteiger partial charge in [0.1, 0.15) is 13.2 Å². The molecule has 0 saturated heterocycles. The van der Waals surface area contributed by atoms with Crippen molar-refractivity contribution >= 4 is 17.9 Å². The number of carbonyl (C=O) groups is 3. The predicted molar refractivity (Wildman–Crippen MR) is 325 cm³/mol. The number of ether oxygens (including phenoxy) is 3. The smallest absolute Gasteiger partial charge is 0.306 e. The van der Waals surface area contributed by atoms with Gasteiger partial charge in [0.05, 0.1) is 0 Å². The van der Waals surface area contributed by atoms with Crippen molar-refractivity contribution in [2.45, 2.75) is 258 Å². The van der Waals surface area contributed by atoms with E-state index >= 15 is 0 Å². The summed E-state index contributed by atoms with van der Waals surface area (Å²) >= 11 is 0. The van der Waals surface area contributed by atoms with Gasteiger partial charge in [0.15, 0.2) is 6.10 Å². The van der Waals surface area contributed by atoms with Gasteiger partial charge in [-0.2, -0.15) is 0 Å². The molecule has 0 amide bonds. The molecule has 0 N–H and O–H groups in total. The average molecular weight is 1040 g/mol. The Hall–Kier alpha value is -4.71. The minimum absolute atomic E-state index is 0.106. The van der Waals surface area contributed by atoms with E-state index in [1.54, 1.807) is 0 Å². The van der Waals surface area contributed by atoms with Crippen molar-refractivity contribution in [3.05, 3.63) is 146 Å². The first kappa shape index (κ1) is 70.3. The van der Waals surface area contributed by atoms with E-state index in [2.05, 4.69) is 167 Å². The minimum atomic E-state index is -0.815. The monoisotopic (exact) mass is 1030 g/mol. The first-order chi connectivity index (χ1) is 37.0. The molecule has 6 nitrogen and oxygen atoms in total. The molecular weight excluding hydrogens is 925 g/mol. The van der Waals surface area contributed by atoms with Gasteiger partial charge in [0.25, 0.3) is 0 Å². The summed E-state index contributed by atoms with van der Waals surface area (Å²) in [6.45, 7) is 6.35. The van der Waals surface area contributed by atoms with E-state index in [9.17, 15) is 14.4 Å². The van der Waals surface area contributed by atoms with Gasteiger partial charge >= 0.3 is 17.9 Å². The number of esters is 3. The summed E-state index contributed by atoms with van der Waals surface area (Å²) in [5.41, 5.74) is 0. The van der Waals surface area contributed by atoms with Gasteiger partial charge in [-0.1, -0.05) is 256 Å². The number of unbranched alkanes of at least 4 members (excludes halogenated alkanes) is 18. The van der Waals surface area contributed by atoms with Crippen LogP contribution in [0.5, 0.6) is 0 Å². The van der Waals surface area contributed by atoms with E-state index in [1.165, 1.54) is 64.2 Å². The second kappa shape index (κ2) is 61.8. The third kappa shape index (κ3) is 60.0. The van der Waals surface area contributed by atoms with Crippen molar-refractivity contribution in [1.29, 1.82) is 0 Å². The molecule has 422 valence electrons. The Morgan fingerprint density at radius 2 is 0.520 bits per heavy atom. The maximum Gasteiger partial charge on any atom is 0.306 e. The van der Waals surface area contributed by atoms with E-state index in [0.29, 0.717) is 19.3 Å². The van der Waals surface area contributed by atoms with E-state index < -0.39 is 6.10 Å². The van der Waals surface area contributed by atoms with E-state index in [0.717, 1.165) is 141 Å². The van der Waals surface area contributed by atoms with Crippen molar-refractivity contribution in [2.75, 3.05) is 13.2 Å². The number of carbonyl (C=O) groups excluding carboxylic acids is 3. The molecule has 0 aliphatic carbocycles. The summed E-state index contributed by atoms with van der Waals surface area (Å²) in [7, 11) is 0. The second-order valence-electron chi connectivity index (χ2n) is 19.5. The molecule has 0 saturated carbocycles. The fourth-order valence-electron chi connectivity index (χ4n) is 7.86. The quantitative estimate of drug-likeness (QED) is 0.0261. The lowest BCUT2D eigenvalue weighted by Crippen LogP contribution is -2.30. The molecule has 0 aliphatic heterocycles. The molecular formula is C69H110O6. The van der Waals surface area contributed by atoms with Gasteiger partial charge in [-0.3, -0.25) is 14.4 Å². The molecule has 6 heteroatoms. The molecule has 0 fully saturated rings. The largest absolute Gasteiger partial charge is 0.462 e. The summed E-state index contributed by atoms with van der Waals surface area (Å²) in [5.74, 6) is -0.975. The zero-order valence-electron chi connectivity index (χ0n) is 48.3. The van der Waals surface area contributed by atoms with Gasteiger partial charge in [-0.05, 0) is 122 Å². The standard InChI is InChI=1S/C69H110O6/c1-4-7-10-13-16-19-22-25-27-29-31-32-33-34-35-36-38-39-41-44-47-50-53-56-59-62-68(71)74-65-66(64-73-67(70)61-58-55-52-49-46-43-24-21-18-15-12-9-6-3)75-69(72)63-60-57-54-51-48-45-42-40-37-30-28-26-23-20-17-14-11-8-5-2/h7-8,10-11,16-17,19-20,25-28,31-32,34-35,37-40,44-45,47-48,66H,4-6,9,12-15,18,21-24,29-30,33,36,41-43,46,49-65H2,1-3H3/b10-7-,11-8-,19-16-,20-17-,27-25-,28-26-,32-31-,35-34-,39-38-,40-37-,47-44-,48-45-. The first-order valence-corrected chi connectivity index (χ1v) is 30.3. The van der Waals surface area contributed by atoms with Crippen LogP contribution in [0.1, 0.15) is 252 Å². The Labute approximate surface area is 461 Å². The topological polar surface area (TPSA) is 78.9 Å². The Morgan fingerprint density at radius 1 is 0.280 bits per heavy atom. The fraction of sp³-hybridized carbons (Fsp3) is 0.609. The van der Waals surface area contributed by atoms with Gasteiger partial charge < -0.3 is 14.2 Å². The number of rotatable bonds is 53. The van der Waals surface area contributed by atoms with Gasteiger partial charge in [-0.25, -0.2) is 0 Å². The van der Waals surface area contributed by atoms with Gasteiger partial charge in [0, 0.05) is 19.3 Å². The molecule has 0 heterocycles. The molecule has 0 bridgehead atoms. The third-order valence-electron chi connectivity index (χ3n) is 12.3. The Balaban J connectivity index is 4.50. The molecule has 75 heavy (non-hydrogen) atoms. The van der Waals surface area contributed by atoms with Crippen LogP contribution in [0.15, 0.2) is 146 Å². The van der Waals surface area contributed by atoms with Crippen LogP contribution < -0.4 is 0 Å². The second-order valence-corrected chi connectivity index (χ2v) is 19.5. The third-order valence-corrected chi connectivity index (χ3v) is 12.3. The normalized spacial score (nSPS) is 13.2. The minimum Gasteiger partial charge on any atom is -0.462 e. The van der Waals surface area contributed by atoms with Crippen LogP contribution in [-0.4, -0.2) is 37.2 Å². The summed E-state index contributed by atoms with van der Waals surface area (Å²) < 4.78 is 16.8. The molecule has 1 unspecified atom stereocenters. The zero-order valence-corrected chi connectivity index (χ0v) is 48.3. The lowest BCUT2D eigenvalue weighted by molar-refractivity contribution is -0.167. The van der Waals surface area contributed by atoms with Crippen LogP contribution in [0.4, 0.5) is 0 Å². The molecule has 1 atom stereocenters. The number of hydrogen-bond acceptors (Lipinski definition) is 6. The van der Waals surface area contributed by atoms with Crippen molar-refractivity contribution in [2.24, 2.45) is 0 Å². The average Bonchev–Trinajstić information content (AvgIpc) is 3.41. The van der Waals surface area contributed by atoms with E-state index in [-0.39, 0.29) is 37.5 Å². The summed E-state index contributed by atoms with van der Waals surface area (Å²) in [6.07, 6.45) is 88.4.